The van der Waals surface area contributed by atoms with E-state index in [1.165, 1.54) is 71.6 Å². The van der Waals surface area contributed by atoms with Crippen LogP contribution < -0.4 is 5.32 Å². The normalized spacial score (nSPS) is 28.2. The summed E-state index contributed by atoms with van der Waals surface area (Å²) in [5.41, 5.74) is 0. The molecular formula is C23H50N4O. The first-order valence-corrected chi connectivity index (χ1v) is 12.0. The van der Waals surface area contributed by atoms with Gasteiger partial charge in [-0.05, 0) is 51.2 Å². The van der Waals surface area contributed by atoms with E-state index in [4.69, 9.17) is 0 Å². The summed E-state index contributed by atoms with van der Waals surface area (Å²) in [5.74, 6) is 1.83. The Morgan fingerprint density at radius 1 is 0.964 bits per heavy atom. The molecule has 0 aromatic rings. The van der Waals surface area contributed by atoms with Crippen molar-refractivity contribution in [2.45, 2.75) is 66.8 Å². The number of fused-ring (bicyclic) bond motifs is 1. The fraction of sp³-hybridized carbons (Fsp3) is 0.957. The van der Waals surface area contributed by atoms with Crippen LogP contribution in [0.5, 0.6) is 0 Å². The van der Waals surface area contributed by atoms with Crippen molar-refractivity contribution in [2.75, 3.05) is 59.4 Å². The molecule has 5 heteroatoms. The van der Waals surface area contributed by atoms with Crippen molar-refractivity contribution in [3.63, 3.8) is 0 Å². The molecule has 3 rings (SSSR count). The maximum absolute atomic E-state index is 12.0. The molecule has 0 spiro atoms. The molecule has 0 aromatic carbocycles. The highest BCUT2D eigenvalue weighted by Gasteiger charge is 2.42. The summed E-state index contributed by atoms with van der Waals surface area (Å²) < 4.78 is 0. The maximum Gasteiger partial charge on any atom is 0.222 e. The van der Waals surface area contributed by atoms with Gasteiger partial charge in [0.2, 0.25) is 5.91 Å². The molecule has 2 heterocycles. The first-order valence-electron chi connectivity index (χ1n) is 12.0. The fourth-order valence-corrected chi connectivity index (χ4v) is 4.66. The smallest absolute Gasteiger partial charge is 0.222 e. The van der Waals surface area contributed by atoms with Gasteiger partial charge >= 0.3 is 0 Å². The Hall–Kier alpha value is -0.650. The standard InChI is InChI=1S/C19H36N4O.2C2H6.H2/c1-15(2)19(24)20-18-6-5-16-13-23(14-17(16)18)8-4-7-22-11-9-21(3)10-12-22;2*1-2;/h15-18H,4-14H2,1-3H3,(H,20,24);2*1-2H3;1H. The van der Waals surface area contributed by atoms with Crippen molar-refractivity contribution >= 4 is 5.91 Å². The largest absolute Gasteiger partial charge is 0.353 e. The molecule has 3 aliphatic rings. The highest BCUT2D eigenvalue weighted by molar-refractivity contribution is 5.78. The summed E-state index contributed by atoms with van der Waals surface area (Å²) in [6, 6.07) is 0.424. The highest BCUT2D eigenvalue weighted by Crippen LogP contribution is 2.38. The van der Waals surface area contributed by atoms with E-state index >= 15 is 0 Å². The number of hydrogen-bond donors (Lipinski definition) is 1. The van der Waals surface area contributed by atoms with Gasteiger partial charge in [-0.15, -0.1) is 0 Å². The molecular weight excluding hydrogens is 348 g/mol. The van der Waals surface area contributed by atoms with Gasteiger partial charge in [0.1, 0.15) is 0 Å². The molecule has 1 saturated carbocycles. The minimum atomic E-state index is 0. The van der Waals surface area contributed by atoms with Crippen molar-refractivity contribution in [1.82, 2.24) is 20.0 Å². The number of amides is 1. The van der Waals surface area contributed by atoms with E-state index in [2.05, 4.69) is 27.1 Å². The van der Waals surface area contributed by atoms with Crippen LogP contribution in [-0.4, -0.2) is 86.1 Å². The second-order valence-corrected chi connectivity index (χ2v) is 8.53. The van der Waals surface area contributed by atoms with E-state index in [9.17, 15) is 4.79 Å². The number of likely N-dealkylation sites (N-methyl/N-ethyl adjacent to an activating group) is 1. The van der Waals surface area contributed by atoms with Crippen LogP contribution in [0.1, 0.15) is 62.2 Å². The summed E-state index contributed by atoms with van der Waals surface area (Å²) in [7, 11) is 2.22. The van der Waals surface area contributed by atoms with Gasteiger partial charge in [-0.3, -0.25) is 4.79 Å². The van der Waals surface area contributed by atoms with Gasteiger partial charge in [-0.25, -0.2) is 0 Å². The van der Waals surface area contributed by atoms with Crippen LogP contribution in [0.4, 0.5) is 0 Å². The number of hydrogen-bond acceptors (Lipinski definition) is 4. The first kappa shape index (κ1) is 25.4. The summed E-state index contributed by atoms with van der Waals surface area (Å²) in [6.07, 6.45) is 3.76. The van der Waals surface area contributed by atoms with Crippen LogP contribution in [0.3, 0.4) is 0 Å². The minimum Gasteiger partial charge on any atom is -0.353 e. The summed E-state index contributed by atoms with van der Waals surface area (Å²) in [6.45, 7) is 21.8. The molecule has 0 radical (unpaired) electrons. The molecule has 3 unspecified atom stereocenters. The van der Waals surface area contributed by atoms with E-state index in [0.29, 0.717) is 12.0 Å². The van der Waals surface area contributed by atoms with Gasteiger partial charge in [-0.1, -0.05) is 41.5 Å². The second kappa shape index (κ2) is 13.6. The zero-order chi connectivity index (χ0) is 21.1. The van der Waals surface area contributed by atoms with Gasteiger partial charge in [0.15, 0.2) is 0 Å². The molecule has 1 N–H and O–H groups in total. The Labute approximate surface area is 176 Å². The number of nitrogens with zero attached hydrogens (tertiary/aromatic N) is 3. The van der Waals surface area contributed by atoms with Gasteiger partial charge in [0, 0.05) is 52.7 Å². The first-order chi connectivity index (χ1) is 13.5. The summed E-state index contributed by atoms with van der Waals surface area (Å²) in [4.78, 5) is 19.7. The van der Waals surface area contributed by atoms with Crippen LogP contribution in [0.25, 0.3) is 0 Å². The third kappa shape index (κ3) is 7.64. The van der Waals surface area contributed by atoms with Gasteiger partial charge in [-0.2, -0.15) is 0 Å². The topological polar surface area (TPSA) is 38.8 Å². The third-order valence-electron chi connectivity index (χ3n) is 6.33. The lowest BCUT2D eigenvalue weighted by Crippen LogP contribution is -2.45. The van der Waals surface area contributed by atoms with Crippen molar-refractivity contribution in [2.24, 2.45) is 17.8 Å². The second-order valence-electron chi connectivity index (χ2n) is 8.53. The van der Waals surface area contributed by atoms with Crippen molar-refractivity contribution in [3.8, 4) is 0 Å². The van der Waals surface area contributed by atoms with E-state index in [1.54, 1.807) is 0 Å². The maximum atomic E-state index is 12.0. The zero-order valence-electron chi connectivity index (χ0n) is 19.8. The number of likely N-dealkylation sites (tertiary alicyclic amines) is 1. The molecule has 1 aliphatic carbocycles. The van der Waals surface area contributed by atoms with Crippen LogP contribution in [-0.2, 0) is 4.79 Å². The Morgan fingerprint density at radius 2 is 1.57 bits per heavy atom. The van der Waals surface area contributed by atoms with E-state index < -0.39 is 0 Å². The Bertz CT molecular complexity index is 427. The molecule has 0 aromatic heterocycles. The number of piperazine rings is 1. The lowest BCUT2D eigenvalue weighted by molar-refractivity contribution is -0.124. The fourth-order valence-electron chi connectivity index (χ4n) is 4.66. The lowest BCUT2D eigenvalue weighted by Gasteiger charge is -2.32. The molecule has 3 fully saturated rings. The Morgan fingerprint density at radius 3 is 2.18 bits per heavy atom. The van der Waals surface area contributed by atoms with Crippen LogP contribution in [0.2, 0.25) is 0 Å². The molecule has 168 valence electrons. The van der Waals surface area contributed by atoms with Crippen molar-refractivity contribution in [3.05, 3.63) is 0 Å². The Balaban J connectivity index is 0.00000148. The monoisotopic (exact) mass is 398 g/mol. The van der Waals surface area contributed by atoms with E-state index in [1.807, 2.05) is 41.5 Å². The lowest BCUT2D eigenvalue weighted by atomic mass is 9.97. The minimum absolute atomic E-state index is 0. The average molecular weight is 399 g/mol. The van der Waals surface area contributed by atoms with E-state index in [0.717, 1.165) is 5.92 Å². The summed E-state index contributed by atoms with van der Waals surface area (Å²) >= 11 is 0. The molecule has 0 bridgehead atoms. The molecule has 1 amide bonds. The van der Waals surface area contributed by atoms with Crippen LogP contribution in [0, 0.1) is 17.8 Å². The quantitative estimate of drug-likeness (QED) is 0.744. The van der Waals surface area contributed by atoms with Crippen LogP contribution >= 0.6 is 0 Å². The Kier molecular flexibility index (Phi) is 12.3. The predicted molar refractivity (Wildman–Crippen MR) is 123 cm³/mol. The number of carbonyl (C=O) groups is 1. The summed E-state index contributed by atoms with van der Waals surface area (Å²) in [5, 5.41) is 3.30. The predicted octanol–water partition coefficient (Wildman–Crippen LogP) is 3.40. The molecule has 28 heavy (non-hydrogen) atoms. The third-order valence-corrected chi connectivity index (χ3v) is 6.33. The average Bonchev–Trinajstić information content (AvgIpc) is 3.28. The van der Waals surface area contributed by atoms with Crippen LogP contribution in [0.15, 0.2) is 0 Å². The van der Waals surface area contributed by atoms with Gasteiger partial charge < -0.3 is 20.0 Å². The number of nitrogens with one attached hydrogen (secondary N) is 1. The number of carbonyl (C=O) groups excluding carboxylic acids is 1. The molecule has 3 atom stereocenters. The highest BCUT2D eigenvalue weighted by atomic mass is 16.1. The molecule has 5 nitrogen and oxygen atoms in total. The number of rotatable bonds is 6. The van der Waals surface area contributed by atoms with Crippen molar-refractivity contribution < 1.29 is 6.22 Å². The SMILES string of the molecule is CC.CC.CC(C)C(=O)NC1CCC2CN(CCCN3CCN(C)CC3)CC21.[HH]. The van der Waals surface area contributed by atoms with Gasteiger partial charge in [0.25, 0.3) is 0 Å². The van der Waals surface area contributed by atoms with E-state index in [-0.39, 0.29) is 13.3 Å². The van der Waals surface area contributed by atoms with Crippen molar-refractivity contribution in [1.29, 1.82) is 0 Å². The zero-order valence-corrected chi connectivity index (χ0v) is 19.8. The van der Waals surface area contributed by atoms with Gasteiger partial charge in [0.05, 0.1) is 0 Å². The molecule has 2 aliphatic heterocycles. The molecule has 2 saturated heterocycles.